The Labute approximate surface area is 54.3 Å². The highest BCUT2D eigenvalue weighted by Gasteiger charge is 1.89. The van der Waals surface area contributed by atoms with Crippen LogP contribution in [0.3, 0.4) is 0 Å². The molecule has 1 rings (SSSR count). The molecule has 0 heterocycles. The molecule has 0 fully saturated rings. The van der Waals surface area contributed by atoms with Crippen LogP contribution in [0.5, 0.6) is 0 Å². The van der Waals surface area contributed by atoms with Crippen molar-refractivity contribution < 1.29 is 4.39 Å². The molecule has 1 aromatic carbocycles. The van der Waals surface area contributed by atoms with Crippen LogP contribution in [0.4, 0.5) is 4.39 Å². The number of hydrogen-bond acceptors (Lipinski definition) is 0. The summed E-state index contributed by atoms with van der Waals surface area (Å²) in [6.07, 6.45) is 0. The summed E-state index contributed by atoms with van der Waals surface area (Å²) in [6.45, 7) is 1.49. The van der Waals surface area contributed by atoms with Crippen molar-refractivity contribution in [3.63, 3.8) is 0 Å². The summed E-state index contributed by atoms with van der Waals surface area (Å²) < 4.78 is 11.9. The van der Waals surface area contributed by atoms with Crippen LogP contribution < -0.4 is 0 Å². The Morgan fingerprint density at radius 3 is 2.78 bits per heavy atom. The molecule has 1 radical (unpaired) electrons. The van der Waals surface area contributed by atoms with Crippen molar-refractivity contribution >= 4 is 0 Å². The lowest BCUT2D eigenvalue weighted by molar-refractivity contribution is 0.484. The van der Waals surface area contributed by atoms with Crippen molar-refractivity contribution in [2.45, 2.75) is 13.6 Å². The van der Waals surface area contributed by atoms with Crippen LogP contribution in [0.15, 0.2) is 18.2 Å². The minimum absolute atomic E-state index is 0.415. The van der Waals surface area contributed by atoms with E-state index in [0.29, 0.717) is 5.56 Å². The SMILES string of the molecule is Cc1[c]c(CF)ccc1. The lowest BCUT2D eigenvalue weighted by atomic mass is 10.2. The van der Waals surface area contributed by atoms with Crippen LogP contribution in [-0.2, 0) is 6.67 Å². The van der Waals surface area contributed by atoms with Crippen LogP contribution in [0, 0.1) is 13.0 Å². The summed E-state index contributed by atoms with van der Waals surface area (Å²) in [5.74, 6) is 0. The second-order valence-corrected chi connectivity index (χ2v) is 1.99. The second-order valence-electron chi connectivity index (χ2n) is 1.99. The van der Waals surface area contributed by atoms with Gasteiger partial charge in [-0.2, -0.15) is 0 Å². The van der Waals surface area contributed by atoms with Crippen LogP contribution >= 0.6 is 0 Å². The predicted molar refractivity (Wildman–Crippen MR) is 34.8 cm³/mol. The third kappa shape index (κ3) is 1.53. The van der Waals surface area contributed by atoms with Gasteiger partial charge in [-0.05, 0) is 24.1 Å². The zero-order valence-electron chi connectivity index (χ0n) is 5.32. The van der Waals surface area contributed by atoms with Crippen LogP contribution in [0.25, 0.3) is 0 Å². The maximum Gasteiger partial charge on any atom is 0.115 e. The van der Waals surface area contributed by atoms with Gasteiger partial charge in [0, 0.05) is 0 Å². The topological polar surface area (TPSA) is 0 Å². The molecule has 1 aromatic rings. The Hall–Kier alpha value is -0.850. The van der Waals surface area contributed by atoms with Gasteiger partial charge in [0.2, 0.25) is 0 Å². The molecule has 0 saturated carbocycles. The zero-order chi connectivity index (χ0) is 6.69. The van der Waals surface area contributed by atoms with Gasteiger partial charge < -0.3 is 0 Å². The van der Waals surface area contributed by atoms with E-state index >= 15 is 0 Å². The first kappa shape index (κ1) is 6.27. The maximum atomic E-state index is 11.9. The molecule has 0 aliphatic carbocycles. The number of alkyl halides is 1. The molecule has 0 nitrogen and oxygen atoms in total. The molecule has 0 bridgehead atoms. The molecule has 0 aliphatic heterocycles. The Morgan fingerprint density at radius 2 is 2.33 bits per heavy atom. The summed E-state index contributed by atoms with van der Waals surface area (Å²) in [5.41, 5.74) is 1.63. The average molecular weight is 123 g/mol. The van der Waals surface area contributed by atoms with E-state index in [9.17, 15) is 4.39 Å². The minimum atomic E-state index is -0.415. The predicted octanol–water partition coefficient (Wildman–Crippen LogP) is 2.26. The smallest absolute Gasteiger partial charge is 0.115 e. The van der Waals surface area contributed by atoms with Gasteiger partial charge in [-0.1, -0.05) is 18.2 Å². The molecule has 0 amide bonds. The van der Waals surface area contributed by atoms with Crippen molar-refractivity contribution in [2.24, 2.45) is 0 Å². The summed E-state index contributed by atoms with van der Waals surface area (Å²) in [5, 5.41) is 0. The minimum Gasteiger partial charge on any atom is -0.246 e. The van der Waals surface area contributed by atoms with Gasteiger partial charge in [0.25, 0.3) is 0 Å². The third-order valence-electron chi connectivity index (χ3n) is 1.15. The number of halogens is 1. The zero-order valence-corrected chi connectivity index (χ0v) is 5.32. The van der Waals surface area contributed by atoms with Gasteiger partial charge in [0.15, 0.2) is 0 Å². The van der Waals surface area contributed by atoms with Gasteiger partial charge in [0.1, 0.15) is 6.67 Å². The van der Waals surface area contributed by atoms with E-state index in [-0.39, 0.29) is 0 Å². The first-order valence-electron chi connectivity index (χ1n) is 2.86. The second kappa shape index (κ2) is 2.62. The number of aryl methyl sites for hydroxylation is 1. The molecule has 0 unspecified atom stereocenters. The number of hydrogen-bond donors (Lipinski definition) is 0. The van der Waals surface area contributed by atoms with Gasteiger partial charge in [0.05, 0.1) is 0 Å². The third-order valence-corrected chi connectivity index (χ3v) is 1.15. The molecule has 47 valence electrons. The molecule has 0 spiro atoms. The quantitative estimate of drug-likeness (QED) is 0.537. The summed E-state index contributed by atoms with van der Waals surface area (Å²) in [6, 6.07) is 8.35. The molecule has 0 aromatic heterocycles. The molecule has 9 heavy (non-hydrogen) atoms. The molecule has 1 heteroatoms. The van der Waals surface area contributed by atoms with Gasteiger partial charge in [-0.25, -0.2) is 4.39 Å². The van der Waals surface area contributed by atoms with Crippen molar-refractivity contribution in [1.29, 1.82) is 0 Å². The van der Waals surface area contributed by atoms with Gasteiger partial charge in [-0.15, -0.1) is 0 Å². The normalized spacial score (nSPS) is 9.56. The summed E-state index contributed by atoms with van der Waals surface area (Å²) in [7, 11) is 0. The molecule has 0 atom stereocenters. The van der Waals surface area contributed by atoms with Gasteiger partial charge in [-0.3, -0.25) is 0 Å². The van der Waals surface area contributed by atoms with E-state index in [1.165, 1.54) is 0 Å². The van der Waals surface area contributed by atoms with E-state index in [4.69, 9.17) is 0 Å². The fourth-order valence-corrected chi connectivity index (χ4v) is 0.723. The van der Waals surface area contributed by atoms with E-state index in [1.54, 1.807) is 6.07 Å². The van der Waals surface area contributed by atoms with E-state index < -0.39 is 6.67 Å². The first-order valence-corrected chi connectivity index (χ1v) is 2.86. The highest BCUT2D eigenvalue weighted by molar-refractivity contribution is 5.19. The Morgan fingerprint density at radius 1 is 1.56 bits per heavy atom. The summed E-state index contributed by atoms with van der Waals surface area (Å²) in [4.78, 5) is 0. The van der Waals surface area contributed by atoms with E-state index in [2.05, 4.69) is 6.07 Å². The van der Waals surface area contributed by atoms with E-state index in [0.717, 1.165) is 5.56 Å². The van der Waals surface area contributed by atoms with Gasteiger partial charge >= 0.3 is 0 Å². The molecular formula is C8H8F. The highest BCUT2D eigenvalue weighted by atomic mass is 19.1. The number of rotatable bonds is 1. The van der Waals surface area contributed by atoms with Crippen molar-refractivity contribution in [3.8, 4) is 0 Å². The largest absolute Gasteiger partial charge is 0.246 e. The fraction of sp³-hybridized carbons (Fsp3) is 0.250. The molecular weight excluding hydrogens is 115 g/mol. The lowest BCUT2D eigenvalue weighted by Gasteiger charge is -1.92. The summed E-state index contributed by atoms with van der Waals surface area (Å²) >= 11 is 0. The molecule has 0 aliphatic rings. The number of benzene rings is 1. The standard InChI is InChI=1S/C8H8F/c1-7-3-2-4-8(5-7)6-9/h2-4H,6H2,1H3. The monoisotopic (exact) mass is 123 g/mol. The van der Waals surface area contributed by atoms with Crippen molar-refractivity contribution in [1.82, 2.24) is 0 Å². The van der Waals surface area contributed by atoms with Crippen LogP contribution in [0.1, 0.15) is 11.1 Å². The van der Waals surface area contributed by atoms with E-state index in [1.807, 2.05) is 19.1 Å². The fourth-order valence-electron chi connectivity index (χ4n) is 0.723. The maximum absolute atomic E-state index is 11.9. The molecule has 0 saturated heterocycles. The Kier molecular flexibility index (Phi) is 1.83. The van der Waals surface area contributed by atoms with Crippen molar-refractivity contribution in [2.75, 3.05) is 0 Å². The Balaban J connectivity index is 2.94. The highest BCUT2D eigenvalue weighted by Crippen LogP contribution is 2.02. The first-order chi connectivity index (χ1) is 4.33. The lowest BCUT2D eigenvalue weighted by Crippen LogP contribution is -1.78. The average Bonchev–Trinajstić information content (AvgIpc) is 1.88. The van der Waals surface area contributed by atoms with Crippen LogP contribution in [0.2, 0.25) is 0 Å². The van der Waals surface area contributed by atoms with Crippen LogP contribution in [-0.4, -0.2) is 0 Å². The van der Waals surface area contributed by atoms with Crippen molar-refractivity contribution in [3.05, 3.63) is 35.4 Å². The molecule has 0 N–H and O–H groups in total. The Bertz CT molecular complexity index is 194.